The molecule has 0 bridgehead atoms. The molecule has 0 amide bonds. The zero-order valence-corrected chi connectivity index (χ0v) is 18.0. The van der Waals surface area contributed by atoms with Gasteiger partial charge in [-0.3, -0.25) is 9.55 Å². The van der Waals surface area contributed by atoms with E-state index in [2.05, 4.69) is 4.98 Å². The molecule has 2 fully saturated rings. The summed E-state index contributed by atoms with van der Waals surface area (Å²) in [5, 5.41) is 10.0. The summed E-state index contributed by atoms with van der Waals surface area (Å²) >= 11 is 0. The lowest BCUT2D eigenvalue weighted by atomic mass is 10.1. The molecule has 0 unspecified atom stereocenters. The van der Waals surface area contributed by atoms with Gasteiger partial charge in [0.15, 0.2) is 0 Å². The van der Waals surface area contributed by atoms with E-state index >= 15 is 4.39 Å². The van der Waals surface area contributed by atoms with Crippen LogP contribution in [0.2, 0.25) is 0 Å². The number of rotatable bonds is 4. The SMILES string of the molecule is O=C(O)c1cc(N2CCOCC2)cc2c1nc(C1COC1)n2-c1ccnc2c(F)ccc(F)c12. The van der Waals surface area contributed by atoms with Crippen LogP contribution in [-0.2, 0) is 9.47 Å². The van der Waals surface area contributed by atoms with Crippen molar-refractivity contribution in [3.05, 3.63) is 59.6 Å². The average molecular weight is 466 g/mol. The summed E-state index contributed by atoms with van der Waals surface area (Å²) in [7, 11) is 0. The summed E-state index contributed by atoms with van der Waals surface area (Å²) in [4.78, 5) is 23.0. The third-order valence-electron chi connectivity index (χ3n) is 6.39. The molecular formula is C24H20F2N4O4. The normalized spacial score (nSPS) is 16.8. The average Bonchev–Trinajstić information content (AvgIpc) is 3.18. The van der Waals surface area contributed by atoms with Crippen LogP contribution in [0, 0.1) is 11.6 Å². The van der Waals surface area contributed by atoms with Crippen LogP contribution < -0.4 is 4.90 Å². The molecule has 4 aromatic rings. The number of carboxylic acid groups (broad SMARTS) is 1. The molecule has 174 valence electrons. The van der Waals surface area contributed by atoms with Crippen LogP contribution in [-0.4, -0.2) is 65.1 Å². The third-order valence-corrected chi connectivity index (χ3v) is 6.39. The lowest BCUT2D eigenvalue weighted by Gasteiger charge is -2.29. The van der Waals surface area contributed by atoms with E-state index in [4.69, 9.17) is 14.5 Å². The number of carboxylic acids is 1. The van der Waals surface area contributed by atoms with E-state index in [0.717, 1.165) is 12.1 Å². The molecule has 2 aliphatic rings. The first-order valence-corrected chi connectivity index (χ1v) is 11.0. The highest BCUT2D eigenvalue weighted by atomic mass is 19.1. The molecule has 34 heavy (non-hydrogen) atoms. The molecule has 2 aromatic carbocycles. The molecule has 8 nitrogen and oxygen atoms in total. The highest BCUT2D eigenvalue weighted by molar-refractivity contribution is 6.04. The van der Waals surface area contributed by atoms with E-state index in [9.17, 15) is 14.3 Å². The van der Waals surface area contributed by atoms with Gasteiger partial charge in [-0.15, -0.1) is 0 Å². The number of aromatic carboxylic acids is 1. The Balaban J connectivity index is 1.69. The fraction of sp³-hybridized carbons (Fsp3) is 0.292. The highest BCUT2D eigenvalue weighted by Crippen LogP contribution is 2.37. The number of nitrogens with zero attached hydrogens (tertiary/aromatic N) is 4. The molecular weight excluding hydrogens is 446 g/mol. The summed E-state index contributed by atoms with van der Waals surface area (Å²) in [6.45, 7) is 3.09. The third kappa shape index (κ3) is 3.21. The number of pyridine rings is 1. The lowest BCUT2D eigenvalue weighted by molar-refractivity contribution is 0.00449. The topological polar surface area (TPSA) is 89.7 Å². The maximum atomic E-state index is 15.0. The Bertz CT molecular complexity index is 1440. The largest absolute Gasteiger partial charge is 0.478 e. The first-order valence-electron chi connectivity index (χ1n) is 11.0. The number of imidazole rings is 1. The fourth-order valence-electron chi connectivity index (χ4n) is 4.62. The van der Waals surface area contributed by atoms with E-state index in [1.54, 1.807) is 16.7 Å². The Morgan fingerprint density at radius 1 is 1.03 bits per heavy atom. The molecule has 0 atom stereocenters. The molecule has 2 aromatic heterocycles. The maximum absolute atomic E-state index is 15.0. The predicted molar refractivity (Wildman–Crippen MR) is 120 cm³/mol. The Hall–Kier alpha value is -3.63. The molecule has 10 heteroatoms. The Morgan fingerprint density at radius 2 is 1.79 bits per heavy atom. The number of hydrogen-bond donors (Lipinski definition) is 1. The maximum Gasteiger partial charge on any atom is 0.338 e. The number of carbonyl (C=O) groups is 1. The number of anilines is 1. The van der Waals surface area contributed by atoms with Gasteiger partial charge >= 0.3 is 5.97 Å². The number of aromatic nitrogens is 3. The second-order valence-corrected chi connectivity index (χ2v) is 8.39. The van der Waals surface area contributed by atoms with E-state index in [-0.39, 0.29) is 27.9 Å². The molecule has 2 aliphatic heterocycles. The van der Waals surface area contributed by atoms with Gasteiger partial charge in [0.1, 0.15) is 28.5 Å². The summed E-state index contributed by atoms with van der Waals surface area (Å²) in [6.07, 6.45) is 1.41. The van der Waals surface area contributed by atoms with Crippen LogP contribution in [0.5, 0.6) is 0 Å². The van der Waals surface area contributed by atoms with Gasteiger partial charge in [-0.2, -0.15) is 0 Å². The van der Waals surface area contributed by atoms with Crippen molar-refractivity contribution in [3.8, 4) is 5.69 Å². The number of fused-ring (bicyclic) bond motifs is 2. The second kappa shape index (κ2) is 8.00. The van der Waals surface area contributed by atoms with Gasteiger partial charge < -0.3 is 19.5 Å². The van der Waals surface area contributed by atoms with Crippen molar-refractivity contribution in [1.29, 1.82) is 0 Å². The van der Waals surface area contributed by atoms with Gasteiger partial charge in [0.25, 0.3) is 0 Å². The lowest BCUT2D eigenvalue weighted by Crippen LogP contribution is -2.36. The second-order valence-electron chi connectivity index (χ2n) is 8.39. The Labute approximate surface area is 192 Å². The van der Waals surface area contributed by atoms with Gasteiger partial charge in [-0.05, 0) is 30.3 Å². The van der Waals surface area contributed by atoms with E-state index in [1.807, 2.05) is 11.0 Å². The molecule has 6 rings (SSSR count). The monoisotopic (exact) mass is 466 g/mol. The molecule has 0 spiro atoms. The number of benzene rings is 2. The van der Waals surface area contributed by atoms with Gasteiger partial charge in [-0.1, -0.05) is 0 Å². The Morgan fingerprint density at radius 3 is 2.50 bits per heavy atom. The molecule has 4 heterocycles. The van der Waals surface area contributed by atoms with Crippen LogP contribution in [0.25, 0.3) is 27.6 Å². The van der Waals surface area contributed by atoms with Crippen LogP contribution in [0.1, 0.15) is 22.1 Å². The van der Waals surface area contributed by atoms with E-state index in [0.29, 0.717) is 62.2 Å². The first kappa shape index (κ1) is 20.9. The van der Waals surface area contributed by atoms with Crippen LogP contribution in [0.3, 0.4) is 0 Å². The minimum absolute atomic E-state index is 0.0111. The van der Waals surface area contributed by atoms with Gasteiger partial charge in [0, 0.05) is 25.0 Å². The smallest absolute Gasteiger partial charge is 0.338 e. The van der Waals surface area contributed by atoms with Crippen molar-refractivity contribution in [3.63, 3.8) is 0 Å². The van der Waals surface area contributed by atoms with Gasteiger partial charge in [-0.25, -0.2) is 18.6 Å². The van der Waals surface area contributed by atoms with Crippen molar-refractivity contribution in [2.75, 3.05) is 44.4 Å². The molecule has 2 saturated heterocycles. The standard InChI is InChI=1S/C24H20F2N4O4/c25-16-1-2-17(26)22-20(16)18(3-4-27-22)30-19-10-14(29-5-7-33-8-6-29)9-15(24(31)32)21(19)28-23(30)13-11-34-12-13/h1-4,9-10,13H,5-8,11-12H2,(H,31,32). The summed E-state index contributed by atoms with van der Waals surface area (Å²) in [5.74, 6) is -1.95. The molecule has 1 N–H and O–H groups in total. The quantitative estimate of drug-likeness (QED) is 0.492. The Kier molecular flexibility index (Phi) is 4.93. The zero-order chi connectivity index (χ0) is 23.4. The number of morpholine rings is 1. The van der Waals surface area contributed by atoms with Crippen molar-refractivity contribution in [2.45, 2.75) is 5.92 Å². The van der Waals surface area contributed by atoms with Crippen molar-refractivity contribution >= 4 is 33.6 Å². The summed E-state index contributed by atoms with van der Waals surface area (Å²) < 4.78 is 42.1. The number of ether oxygens (including phenoxy) is 2. The van der Waals surface area contributed by atoms with Gasteiger partial charge in [0.05, 0.1) is 54.5 Å². The molecule has 0 aliphatic carbocycles. The highest BCUT2D eigenvalue weighted by Gasteiger charge is 2.31. The summed E-state index contributed by atoms with van der Waals surface area (Å²) in [6, 6.07) is 7.17. The minimum atomic E-state index is -1.11. The van der Waals surface area contributed by atoms with Crippen molar-refractivity contribution < 1.29 is 28.2 Å². The number of halogens is 2. The van der Waals surface area contributed by atoms with E-state index in [1.165, 1.54) is 6.20 Å². The van der Waals surface area contributed by atoms with Crippen LogP contribution in [0.4, 0.5) is 14.5 Å². The minimum Gasteiger partial charge on any atom is -0.478 e. The predicted octanol–water partition coefficient (Wildman–Crippen LogP) is 3.50. The van der Waals surface area contributed by atoms with Gasteiger partial charge in [0.2, 0.25) is 0 Å². The van der Waals surface area contributed by atoms with Crippen LogP contribution in [0.15, 0.2) is 36.5 Å². The fourth-order valence-corrected chi connectivity index (χ4v) is 4.62. The molecule has 0 saturated carbocycles. The number of hydrogen-bond acceptors (Lipinski definition) is 6. The molecule has 0 radical (unpaired) electrons. The summed E-state index contributed by atoms with van der Waals surface area (Å²) in [5.41, 5.74) is 1.78. The zero-order valence-electron chi connectivity index (χ0n) is 18.0. The van der Waals surface area contributed by atoms with Crippen LogP contribution >= 0.6 is 0 Å². The van der Waals surface area contributed by atoms with E-state index < -0.39 is 17.6 Å². The van der Waals surface area contributed by atoms with Crippen molar-refractivity contribution in [1.82, 2.24) is 14.5 Å². The van der Waals surface area contributed by atoms with Crippen molar-refractivity contribution in [2.24, 2.45) is 0 Å². The first-order chi connectivity index (χ1) is 16.5.